The van der Waals surface area contributed by atoms with Crippen LogP contribution >= 0.6 is 0 Å². The van der Waals surface area contributed by atoms with Crippen LogP contribution in [0.2, 0.25) is 0 Å². The highest BCUT2D eigenvalue weighted by Gasteiger charge is 2.44. The molecule has 3 aliphatic rings. The summed E-state index contributed by atoms with van der Waals surface area (Å²) in [5.74, 6) is -1.02. The van der Waals surface area contributed by atoms with Crippen LogP contribution in [0.1, 0.15) is 6.23 Å². The lowest BCUT2D eigenvalue weighted by atomic mass is 10.1. The summed E-state index contributed by atoms with van der Waals surface area (Å²) in [6.45, 7) is -0.529. The highest BCUT2D eigenvalue weighted by Crippen LogP contribution is 2.36. The number of hydrogen-bond donors (Lipinski definition) is 3. The molecule has 0 spiro atoms. The molecule has 1 fully saturated rings. The molecular formula is C21H17F2N3O5. The molecule has 2 aromatic carbocycles. The zero-order valence-electron chi connectivity index (χ0n) is 15.9. The fourth-order valence-corrected chi connectivity index (χ4v) is 3.93. The minimum atomic E-state index is -1.42. The van der Waals surface area contributed by atoms with Gasteiger partial charge in [0, 0.05) is 11.6 Å². The Morgan fingerprint density at radius 1 is 1.03 bits per heavy atom. The summed E-state index contributed by atoms with van der Waals surface area (Å²) < 4.78 is 35.4. The number of rotatable bonds is 3. The Bertz CT molecular complexity index is 1300. The molecule has 1 saturated heterocycles. The van der Waals surface area contributed by atoms with E-state index in [0.29, 0.717) is 11.1 Å². The van der Waals surface area contributed by atoms with E-state index in [9.17, 15) is 28.9 Å². The van der Waals surface area contributed by atoms with E-state index in [4.69, 9.17) is 4.74 Å². The second kappa shape index (κ2) is 7.20. The van der Waals surface area contributed by atoms with Gasteiger partial charge in [0.05, 0.1) is 23.4 Å². The van der Waals surface area contributed by atoms with Crippen molar-refractivity contribution in [2.75, 3.05) is 6.61 Å². The summed E-state index contributed by atoms with van der Waals surface area (Å²) >= 11 is 0. The van der Waals surface area contributed by atoms with Crippen molar-refractivity contribution in [3.63, 3.8) is 0 Å². The standard InChI is InChI=1S/C21H17F2N3O5/c22-10-1-4-12(5-2-10)26-20(30)14-8-25(21-19(29)18(28)16(9-27)31-21)15-7-11(23)3-6-13(15)17(14)24-26/h1-8,16,18-19,21,27-29H,9H2/t16-,18-,19-,21?/m1/s1. The molecular weight excluding hydrogens is 412 g/mol. The van der Waals surface area contributed by atoms with Gasteiger partial charge in [-0.2, -0.15) is 9.78 Å². The fourth-order valence-electron chi connectivity index (χ4n) is 3.93. The monoisotopic (exact) mass is 429 g/mol. The maximum atomic E-state index is 14.1. The van der Waals surface area contributed by atoms with E-state index in [2.05, 4.69) is 5.10 Å². The Morgan fingerprint density at radius 3 is 2.42 bits per heavy atom. The number of pyridine rings is 1. The van der Waals surface area contributed by atoms with Gasteiger partial charge in [-0.1, -0.05) is 0 Å². The second-order valence-corrected chi connectivity index (χ2v) is 7.38. The molecule has 0 amide bonds. The van der Waals surface area contributed by atoms with Gasteiger partial charge in [-0.15, -0.1) is 0 Å². The van der Waals surface area contributed by atoms with E-state index in [1.54, 1.807) is 0 Å². The topological polar surface area (TPSA) is 110 Å². The summed E-state index contributed by atoms with van der Waals surface area (Å²) in [4.78, 5) is 13.1. The number of nitrogens with zero attached hydrogens (tertiary/aromatic N) is 3. The maximum Gasteiger partial charge on any atom is 0.282 e. The van der Waals surface area contributed by atoms with Crippen LogP contribution < -0.4 is 5.56 Å². The number of halogens is 2. The first-order valence-electron chi connectivity index (χ1n) is 9.50. The van der Waals surface area contributed by atoms with Crippen molar-refractivity contribution < 1.29 is 28.8 Å². The quantitative estimate of drug-likeness (QED) is 0.451. The van der Waals surface area contributed by atoms with E-state index in [0.717, 1.165) is 4.68 Å². The first-order valence-corrected chi connectivity index (χ1v) is 9.50. The Kier molecular flexibility index (Phi) is 4.59. The molecule has 160 valence electrons. The van der Waals surface area contributed by atoms with Crippen LogP contribution in [-0.2, 0) is 4.74 Å². The van der Waals surface area contributed by atoms with Crippen LogP contribution in [0.3, 0.4) is 0 Å². The normalized spacial score (nSPS) is 23.8. The molecule has 3 aliphatic heterocycles. The molecule has 0 aromatic heterocycles. The van der Waals surface area contributed by atoms with E-state index in [-0.39, 0.29) is 16.8 Å². The Hall–Kier alpha value is -3.18. The van der Waals surface area contributed by atoms with Crippen LogP contribution in [0.4, 0.5) is 8.78 Å². The largest absolute Gasteiger partial charge is 0.394 e. The van der Waals surface area contributed by atoms with E-state index >= 15 is 0 Å². The Labute approximate surface area is 173 Å². The Balaban J connectivity index is 1.77. The van der Waals surface area contributed by atoms with E-state index < -0.39 is 48.3 Å². The molecule has 3 heterocycles. The van der Waals surface area contributed by atoms with Gasteiger partial charge in [0.2, 0.25) is 0 Å². The zero-order chi connectivity index (χ0) is 21.9. The second-order valence-electron chi connectivity index (χ2n) is 7.38. The number of fused-ring (bicyclic) bond motifs is 3. The number of aromatic nitrogens is 3. The lowest BCUT2D eigenvalue weighted by Gasteiger charge is -2.22. The van der Waals surface area contributed by atoms with Crippen molar-refractivity contribution in [1.82, 2.24) is 14.3 Å². The summed E-state index contributed by atoms with van der Waals surface area (Å²) in [6.07, 6.45) is -3.63. The molecule has 0 bridgehead atoms. The third kappa shape index (κ3) is 3.03. The first-order chi connectivity index (χ1) is 14.9. The number of aliphatic hydroxyl groups is 3. The number of aliphatic hydroxyl groups excluding tert-OH is 3. The summed E-state index contributed by atoms with van der Waals surface area (Å²) in [6, 6.07) is 9.08. The number of benzene rings is 2. The minimum Gasteiger partial charge on any atom is -0.394 e. The van der Waals surface area contributed by atoms with Crippen LogP contribution in [0.5, 0.6) is 0 Å². The third-order valence-corrected chi connectivity index (χ3v) is 5.50. The smallest absolute Gasteiger partial charge is 0.282 e. The van der Waals surface area contributed by atoms with Crippen molar-refractivity contribution >= 4 is 10.9 Å². The average Bonchev–Trinajstić information content (AvgIpc) is 3.24. The predicted molar refractivity (Wildman–Crippen MR) is 105 cm³/mol. The van der Waals surface area contributed by atoms with Crippen LogP contribution in [0, 0.1) is 11.6 Å². The maximum absolute atomic E-state index is 14.1. The van der Waals surface area contributed by atoms with Crippen molar-refractivity contribution in [2.24, 2.45) is 0 Å². The van der Waals surface area contributed by atoms with Crippen molar-refractivity contribution in [3.05, 3.63) is 70.6 Å². The summed E-state index contributed by atoms with van der Waals surface area (Å²) in [7, 11) is 0. The molecule has 2 aromatic rings. The summed E-state index contributed by atoms with van der Waals surface area (Å²) in [5.41, 5.74) is 0.547. The van der Waals surface area contributed by atoms with E-state index in [1.807, 2.05) is 0 Å². The highest BCUT2D eigenvalue weighted by molar-refractivity contribution is 5.93. The highest BCUT2D eigenvalue weighted by atomic mass is 19.1. The minimum absolute atomic E-state index is 0.154. The van der Waals surface area contributed by atoms with Crippen molar-refractivity contribution in [2.45, 2.75) is 24.5 Å². The summed E-state index contributed by atoms with van der Waals surface area (Å²) in [5, 5.41) is 34.7. The van der Waals surface area contributed by atoms with Crippen molar-refractivity contribution in [1.29, 1.82) is 0 Å². The molecule has 1 unspecified atom stereocenters. The average molecular weight is 429 g/mol. The number of hydrogen-bond acceptors (Lipinski definition) is 6. The molecule has 8 nitrogen and oxygen atoms in total. The predicted octanol–water partition coefficient (Wildman–Crippen LogP) is 1.18. The van der Waals surface area contributed by atoms with Crippen LogP contribution in [0.15, 0.2) is 53.5 Å². The van der Waals surface area contributed by atoms with Crippen LogP contribution in [-0.4, -0.2) is 54.6 Å². The molecule has 0 radical (unpaired) electrons. The molecule has 0 aliphatic carbocycles. The third-order valence-electron chi connectivity index (χ3n) is 5.50. The number of ether oxygens (including phenoxy) is 1. The lowest BCUT2D eigenvalue weighted by Crippen LogP contribution is -2.33. The van der Waals surface area contributed by atoms with Crippen LogP contribution in [0.25, 0.3) is 27.8 Å². The molecule has 3 N–H and O–H groups in total. The van der Waals surface area contributed by atoms with Gasteiger partial charge in [0.25, 0.3) is 5.56 Å². The van der Waals surface area contributed by atoms with E-state index in [1.165, 1.54) is 53.2 Å². The zero-order valence-corrected chi connectivity index (χ0v) is 15.9. The molecule has 0 saturated carbocycles. The van der Waals surface area contributed by atoms with Gasteiger partial charge in [0.15, 0.2) is 6.23 Å². The first kappa shape index (κ1) is 19.8. The van der Waals surface area contributed by atoms with Crippen molar-refractivity contribution in [3.8, 4) is 16.9 Å². The van der Waals surface area contributed by atoms with Gasteiger partial charge in [-0.3, -0.25) is 4.79 Å². The molecule has 4 atom stereocenters. The fraction of sp³-hybridized carbons (Fsp3) is 0.238. The lowest BCUT2D eigenvalue weighted by molar-refractivity contribution is -0.0508. The molecule has 5 rings (SSSR count). The van der Waals surface area contributed by atoms with Gasteiger partial charge < -0.3 is 24.6 Å². The molecule has 10 heteroatoms. The van der Waals surface area contributed by atoms with Gasteiger partial charge in [0.1, 0.15) is 35.6 Å². The van der Waals surface area contributed by atoms with Gasteiger partial charge >= 0.3 is 0 Å². The SMILES string of the molecule is O=c1c2cn(C3O[C@H](CO)[C@@H](O)[C@H]3O)c3cc(F)ccc3c-2nn1-c1ccc(F)cc1. The molecule has 31 heavy (non-hydrogen) atoms. The van der Waals surface area contributed by atoms with Gasteiger partial charge in [-0.05, 0) is 42.5 Å². The Morgan fingerprint density at radius 2 is 1.74 bits per heavy atom. The van der Waals surface area contributed by atoms with Gasteiger partial charge in [-0.25, -0.2) is 8.78 Å².